The number of carbonyl (C=O) groups excluding carboxylic acids is 1. The molecule has 29 heavy (non-hydrogen) atoms. The van der Waals surface area contributed by atoms with Crippen molar-refractivity contribution in [3.63, 3.8) is 0 Å². The van der Waals surface area contributed by atoms with Crippen LogP contribution in [-0.2, 0) is 11.2 Å². The Morgan fingerprint density at radius 2 is 1.97 bits per heavy atom. The van der Waals surface area contributed by atoms with Crippen molar-refractivity contribution in [1.82, 2.24) is 14.3 Å². The van der Waals surface area contributed by atoms with Crippen LogP contribution in [0.25, 0.3) is 16.2 Å². The van der Waals surface area contributed by atoms with Gasteiger partial charge in [-0.1, -0.05) is 42.5 Å². The lowest BCUT2D eigenvalue weighted by Gasteiger charge is -2.14. The van der Waals surface area contributed by atoms with Gasteiger partial charge < -0.3 is 15.0 Å². The van der Waals surface area contributed by atoms with Crippen LogP contribution in [0.3, 0.4) is 0 Å². The van der Waals surface area contributed by atoms with Crippen molar-refractivity contribution in [2.75, 3.05) is 38.7 Å². The highest BCUT2D eigenvalue weighted by molar-refractivity contribution is 7.19. The van der Waals surface area contributed by atoms with Crippen LogP contribution in [0.4, 0.5) is 5.82 Å². The lowest BCUT2D eigenvalue weighted by Crippen LogP contribution is -2.27. The minimum absolute atomic E-state index is 0.132. The maximum absolute atomic E-state index is 13.0. The maximum atomic E-state index is 13.0. The second-order valence-corrected chi connectivity index (χ2v) is 8.39. The summed E-state index contributed by atoms with van der Waals surface area (Å²) in [6, 6.07) is 8.55. The molecule has 0 spiro atoms. The number of hydrogen-bond acceptors (Lipinski definition) is 5. The molecule has 0 bridgehead atoms. The number of anilines is 1. The third-order valence-electron chi connectivity index (χ3n) is 5.53. The molecule has 0 aliphatic carbocycles. The van der Waals surface area contributed by atoms with Gasteiger partial charge in [0.2, 0.25) is 0 Å². The summed E-state index contributed by atoms with van der Waals surface area (Å²) >= 11 is 1.48. The minimum atomic E-state index is 0.132. The molecule has 3 aromatic rings. The number of nitrogens with one attached hydrogen (secondary N) is 1. The number of nitrogens with zero attached hydrogens (tertiary/aromatic N) is 3. The maximum Gasteiger partial charge on any atom is 0.265 e. The van der Waals surface area contributed by atoms with E-state index >= 15 is 0 Å². The molecular weight excluding hydrogens is 384 g/mol. The molecule has 1 aliphatic rings. The van der Waals surface area contributed by atoms with Gasteiger partial charge in [-0.05, 0) is 31.7 Å². The Kier molecular flexibility index (Phi) is 5.87. The quantitative estimate of drug-likeness (QED) is 0.590. The number of amides is 1. The van der Waals surface area contributed by atoms with Crippen molar-refractivity contribution in [2.24, 2.45) is 0 Å². The Morgan fingerprint density at radius 3 is 2.62 bits per heavy atom. The summed E-state index contributed by atoms with van der Waals surface area (Å²) in [5.74, 6) is 1.06. The number of thiazole rings is 1. The van der Waals surface area contributed by atoms with E-state index in [1.807, 2.05) is 11.8 Å². The summed E-state index contributed by atoms with van der Waals surface area (Å²) in [5.41, 5.74) is 4.24. The second kappa shape index (κ2) is 8.55. The van der Waals surface area contributed by atoms with Crippen LogP contribution in [0.1, 0.15) is 40.7 Å². The Morgan fingerprint density at radius 1 is 1.24 bits per heavy atom. The first-order valence-corrected chi connectivity index (χ1v) is 11.1. The van der Waals surface area contributed by atoms with Gasteiger partial charge in [0.1, 0.15) is 16.4 Å². The van der Waals surface area contributed by atoms with Crippen molar-refractivity contribution in [3.05, 3.63) is 40.4 Å². The molecule has 1 N–H and O–H groups in total. The van der Waals surface area contributed by atoms with Gasteiger partial charge in [-0.2, -0.15) is 0 Å². The first-order valence-electron chi connectivity index (χ1n) is 10.3. The van der Waals surface area contributed by atoms with Gasteiger partial charge in [0.25, 0.3) is 5.91 Å². The highest BCUT2D eigenvalue weighted by Gasteiger charge is 2.27. The van der Waals surface area contributed by atoms with E-state index in [4.69, 9.17) is 9.72 Å². The molecule has 0 radical (unpaired) electrons. The summed E-state index contributed by atoms with van der Waals surface area (Å²) in [5, 5.41) is 3.48. The van der Waals surface area contributed by atoms with E-state index in [0.717, 1.165) is 65.0 Å². The molecule has 1 amide bonds. The molecular formula is C22H28N4O2S. The van der Waals surface area contributed by atoms with Crippen molar-refractivity contribution >= 4 is 28.0 Å². The standard InChI is InChI=1S/C22H28N4O2S/c1-4-16-7-9-17(10-8-16)18-20(23-11-14-28-3)26-15(2)19(29-22(26)24-18)21(27)25-12-5-6-13-25/h7-10,23H,4-6,11-14H2,1-3H3. The lowest BCUT2D eigenvalue weighted by molar-refractivity contribution is 0.0796. The number of imidazole rings is 1. The van der Waals surface area contributed by atoms with Crippen LogP contribution in [0.2, 0.25) is 0 Å². The van der Waals surface area contributed by atoms with E-state index in [9.17, 15) is 4.79 Å². The highest BCUT2D eigenvalue weighted by atomic mass is 32.1. The Balaban J connectivity index is 1.77. The van der Waals surface area contributed by atoms with E-state index in [-0.39, 0.29) is 5.91 Å². The smallest absolute Gasteiger partial charge is 0.265 e. The van der Waals surface area contributed by atoms with Gasteiger partial charge in [0.15, 0.2) is 4.96 Å². The highest BCUT2D eigenvalue weighted by Crippen LogP contribution is 2.35. The van der Waals surface area contributed by atoms with E-state index in [0.29, 0.717) is 13.2 Å². The molecule has 6 nitrogen and oxygen atoms in total. The third-order valence-corrected chi connectivity index (χ3v) is 6.66. The minimum Gasteiger partial charge on any atom is -0.383 e. The number of hydrogen-bond donors (Lipinski definition) is 1. The third kappa shape index (κ3) is 3.76. The van der Waals surface area contributed by atoms with E-state index in [2.05, 4.69) is 40.9 Å². The zero-order chi connectivity index (χ0) is 20.4. The number of aromatic nitrogens is 2. The number of benzene rings is 1. The summed E-state index contributed by atoms with van der Waals surface area (Å²) in [4.78, 5) is 21.5. The molecule has 1 saturated heterocycles. The Labute approximate surface area is 175 Å². The monoisotopic (exact) mass is 412 g/mol. The average Bonchev–Trinajstić information content (AvgIpc) is 3.46. The van der Waals surface area contributed by atoms with Crippen LogP contribution in [-0.4, -0.2) is 53.5 Å². The van der Waals surface area contributed by atoms with Gasteiger partial charge in [0.05, 0.1) is 6.61 Å². The summed E-state index contributed by atoms with van der Waals surface area (Å²) < 4.78 is 7.31. The number of likely N-dealkylation sites (tertiary alicyclic amines) is 1. The van der Waals surface area contributed by atoms with Crippen molar-refractivity contribution in [2.45, 2.75) is 33.1 Å². The normalized spacial score (nSPS) is 14.1. The molecule has 1 aromatic carbocycles. The molecule has 0 unspecified atom stereocenters. The molecule has 0 atom stereocenters. The number of carbonyl (C=O) groups is 1. The lowest BCUT2D eigenvalue weighted by atomic mass is 10.1. The fourth-order valence-electron chi connectivity index (χ4n) is 3.84. The number of aryl methyl sites for hydroxylation is 2. The molecule has 1 aliphatic heterocycles. The molecule has 2 aromatic heterocycles. The van der Waals surface area contributed by atoms with Crippen molar-refractivity contribution in [1.29, 1.82) is 0 Å². The van der Waals surface area contributed by atoms with E-state index in [1.165, 1.54) is 16.9 Å². The Hall–Kier alpha value is -2.38. The van der Waals surface area contributed by atoms with Gasteiger partial charge in [-0.15, -0.1) is 0 Å². The molecule has 0 saturated carbocycles. The van der Waals surface area contributed by atoms with Crippen LogP contribution in [0.15, 0.2) is 24.3 Å². The van der Waals surface area contributed by atoms with E-state index in [1.54, 1.807) is 7.11 Å². The fourth-order valence-corrected chi connectivity index (χ4v) is 4.94. The molecule has 1 fully saturated rings. The number of rotatable bonds is 7. The molecule has 154 valence electrons. The number of ether oxygens (including phenoxy) is 1. The van der Waals surface area contributed by atoms with E-state index < -0.39 is 0 Å². The first-order chi connectivity index (χ1) is 14.1. The summed E-state index contributed by atoms with van der Waals surface area (Å²) in [6.45, 7) is 7.15. The number of methoxy groups -OCH3 is 1. The van der Waals surface area contributed by atoms with Crippen LogP contribution in [0.5, 0.6) is 0 Å². The molecule has 7 heteroatoms. The predicted molar refractivity (Wildman–Crippen MR) is 118 cm³/mol. The number of fused-ring (bicyclic) bond motifs is 1. The van der Waals surface area contributed by atoms with Gasteiger partial charge >= 0.3 is 0 Å². The Bertz CT molecular complexity index is 1000. The molecule has 4 rings (SSSR count). The fraction of sp³-hybridized carbons (Fsp3) is 0.455. The van der Waals surface area contributed by atoms with Crippen LogP contribution in [0, 0.1) is 6.92 Å². The first kappa shape index (κ1) is 19.9. The van der Waals surface area contributed by atoms with Crippen molar-refractivity contribution in [3.8, 4) is 11.3 Å². The average molecular weight is 413 g/mol. The predicted octanol–water partition coefficient (Wildman–Crippen LogP) is 4.23. The molecule has 3 heterocycles. The van der Waals surface area contributed by atoms with Gasteiger partial charge in [-0.25, -0.2) is 4.98 Å². The van der Waals surface area contributed by atoms with Crippen LogP contribution < -0.4 is 5.32 Å². The SMILES string of the molecule is CCc1ccc(-c2nc3sc(C(=O)N4CCCC4)c(C)n3c2NCCOC)cc1. The van der Waals surface area contributed by atoms with Gasteiger partial charge in [0, 0.05) is 38.0 Å². The zero-order valence-corrected chi connectivity index (χ0v) is 18.1. The summed E-state index contributed by atoms with van der Waals surface area (Å²) in [7, 11) is 1.70. The second-order valence-electron chi connectivity index (χ2n) is 7.41. The van der Waals surface area contributed by atoms with Crippen molar-refractivity contribution < 1.29 is 9.53 Å². The van der Waals surface area contributed by atoms with Gasteiger partial charge in [-0.3, -0.25) is 9.20 Å². The summed E-state index contributed by atoms with van der Waals surface area (Å²) in [6.07, 6.45) is 3.20. The topological polar surface area (TPSA) is 58.9 Å². The largest absolute Gasteiger partial charge is 0.383 e. The zero-order valence-electron chi connectivity index (χ0n) is 17.3. The van der Waals surface area contributed by atoms with Crippen LogP contribution >= 0.6 is 11.3 Å².